The van der Waals surface area contributed by atoms with Gasteiger partial charge in [-0.1, -0.05) is 36.4 Å². The minimum absolute atomic E-state index is 0.0121. The van der Waals surface area contributed by atoms with Crippen LogP contribution in [0.25, 0.3) is 10.9 Å². The van der Waals surface area contributed by atoms with Crippen molar-refractivity contribution in [3.63, 3.8) is 0 Å². The van der Waals surface area contributed by atoms with Crippen LogP contribution in [0.4, 0.5) is 5.69 Å². The highest BCUT2D eigenvalue weighted by atomic mass is 16.6. The molecule has 0 amide bonds. The van der Waals surface area contributed by atoms with Crippen molar-refractivity contribution >= 4 is 16.6 Å². The van der Waals surface area contributed by atoms with Crippen LogP contribution in [-0.4, -0.2) is 14.6 Å². The molecule has 1 aromatic heterocycles. The van der Waals surface area contributed by atoms with Gasteiger partial charge in [0, 0.05) is 24.2 Å². The summed E-state index contributed by atoms with van der Waals surface area (Å²) < 4.78 is 1.88. The summed E-state index contributed by atoms with van der Waals surface area (Å²) in [7, 11) is 0. The average molecular weight is 282 g/mol. The summed E-state index contributed by atoms with van der Waals surface area (Å²) >= 11 is 0. The van der Waals surface area contributed by atoms with Gasteiger partial charge in [0.25, 0.3) is 5.69 Å². The molecule has 0 unspecified atom stereocenters. The normalized spacial score (nSPS) is 10.9. The van der Waals surface area contributed by atoms with Crippen molar-refractivity contribution < 1.29 is 10.0 Å². The van der Waals surface area contributed by atoms with Gasteiger partial charge in [-0.2, -0.15) is 0 Å². The van der Waals surface area contributed by atoms with E-state index in [1.807, 2.05) is 47.2 Å². The largest absolute Gasteiger partial charge is 0.392 e. The number of benzene rings is 2. The van der Waals surface area contributed by atoms with E-state index < -0.39 is 0 Å². The molecule has 0 bridgehead atoms. The predicted octanol–water partition coefficient (Wildman–Crippen LogP) is 3.09. The molecule has 21 heavy (non-hydrogen) atoms. The quantitative estimate of drug-likeness (QED) is 0.590. The van der Waals surface area contributed by atoms with Gasteiger partial charge in [-0.3, -0.25) is 10.1 Å². The van der Waals surface area contributed by atoms with Gasteiger partial charge in [0.05, 0.1) is 11.5 Å². The number of para-hydroxylation sites is 1. The third kappa shape index (κ3) is 2.51. The van der Waals surface area contributed by atoms with Crippen LogP contribution in [-0.2, 0) is 13.2 Å². The molecule has 1 N–H and O–H groups in total. The summed E-state index contributed by atoms with van der Waals surface area (Å²) in [6.45, 7) is 0.568. The molecule has 106 valence electrons. The second kappa shape index (κ2) is 5.38. The van der Waals surface area contributed by atoms with Crippen LogP contribution in [0.15, 0.2) is 54.7 Å². The van der Waals surface area contributed by atoms with E-state index in [2.05, 4.69) is 0 Å². The van der Waals surface area contributed by atoms with Crippen molar-refractivity contribution in [1.82, 2.24) is 4.57 Å². The van der Waals surface area contributed by atoms with Crippen molar-refractivity contribution in [3.05, 3.63) is 76.0 Å². The first-order valence-electron chi connectivity index (χ1n) is 6.60. The number of hydrogen-bond acceptors (Lipinski definition) is 3. The molecular formula is C16H14N2O3. The lowest BCUT2D eigenvalue weighted by molar-refractivity contribution is -0.383. The van der Waals surface area contributed by atoms with Gasteiger partial charge in [0.2, 0.25) is 0 Å². The van der Waals surface area contributed by atoms with Gasteiger partial charge in [-0.05, 0) is 17.2 Å². The summed E-state index contributed by atoms with van der Waals surface area (Å²) in [5, 5.41) is 21.1. The first kappa shape index (κ1) is 13.3. The Morgan fingerprint density at radius 2 is 1.76 bits per heavy atom. The highest BCUT2D eigenvalue weighted by molar-refractivity contribution is 5.88. The topological polar surface area (TPSA) is 68.3 Å². The van der Waals surface area contributed by atoms with Gasteiger partial charge >= 0.3 is 0 Å². The highest BCUT2D eigenvalue weighted by Crippen LogP contribution is 2.27. The summed E-state index contributed by atoms with van der Waals surface area (Å²) in [4.78, 5) is 10.8. The van der Waals surface area contributed by atoms with Crippen molar-refractivity contribution in [1.29, 1.82) is 0 Å². The van der Waals surface area contributed by atoms with Crippen LogP contribution in [0.5, 0.6) is 0 Å². The number of nitro benzene ring substituents is 1. The van der Waals surface area contributed by atoms with E-state index in [1.54, 1.807) is 6.07 Å². The molecule has 0 spiro atoms. The maximum Gasteiger partial charge on any atom is 0.293 e. The van der Waals surface area contributed by atoms with E-state index in [9.17, 15) is 10.1 Å². The molecule has 0 aliphatic heterocycles. The van der Waals surface area contributed by atoms with E-state index in [4.69, 9.17) is 5.11 Å². The molecule has 0 aliphatic rings. The number of hydrogen-bond donors (Lipinski definition) is 1. The molecule has 3 rings (SSSR count). The Kier molecular flexibility index (Phi) is 3.41. The number of aliphatic hydroxyl groups is 1. The van der Waals surface area contributed by atoms with Crippen LogP contribution in [0.2, 0.25) is 0 Å². The zero-order valence-electron chi connectivity index (χ0n) is 11.3. The molecular weight excluding hydrogens is 268 g/mol. The van der Waals surface area contributed by atoms with E-state index in [0.717, 1.165) is 16.5 Å². The lowest BCUT2D eigenvalue weighted by atomic mass is 10.1. The molecule has 3 aromatic rings. The molecule has 0 atom stereocenters. The minimum Gasteiger partial charge on any atom is -0.392 e. The molecule has 0 radical (unpaired) electrons. The van der Waals surface area contributed by atoms with Crippen molar-refractivity contribution in [2.24, 2.45) is 0 Å². The average Bonchev–Trinajstić information content (AvgIpc) is 2.91. The van der Waals surface area contributed by atoms with Crippen LogP contribution in [0, 0.1) is 10.1 Å². The Labute approximate surface area is 121 Å². The second-order valence-corrected chi connectivity index (χ2v) is 4.89. The summed E-state index contributed by atoms with van der Waals surface area (Å²) in [6.07, 6.45) is 1.86. The van der Waals surface area contributed by atoms with E-state index in [-0.39, 0.29) is 17.2 Å². The first-order valence-corrected chi connectivity index (χ1v) is 6.60. The molecule has 1 heterocycles. The lowest BCUT2D eigenvalue weighted by Gasteiger charge is -2.07. The van der Waals surface area contributed by atoms with Gasteiger partial charge < -0.3 is 9.67 Å². The van der Waals surface area contributed by atoms with Crippen molar-refractivity contribution in [3.8, 4) is 0 Å². The number of aromatic nitrogens is 1. The fraction of sp³-hybridized carbons (Fsp3) is 0.125. The third-order valence-corrected chi connectivity index (χ3v) is 3.52. The Morgan fingerprint density at radius 1 is 1.05 bits per heavy atom. The fourth-order valence-corrected chi connectivity index (χ4v) is 2.47. The molecule has 5 heteroatoms. The zero-order valence-corrected chi connectivity index (χ0v) is 11.3. The molecule has 0 aliphatic carbocycles. The number of nitrogens with zero attached hydrogens (tertiary/aromatic N) is 2. The maximum atomic E-state index is 11.2. The maximum absolute atomic E-state index is 11.2. The van der Waals surface area contributed by atoms with Crippen molar-refractivity contribution in [2.45, 2.75) is 13.2 Å². The number of rotatable bonds is 4. The number of aliphatic hydroxyl groups excluding tert-OH is 1. The second-order valence-electron chi connectivity index (χ2n) is 4.89. The van der Waals surface area contributed by atoms with Crippen LogP contribution < -0.4 is 0 Å². The standard InChI is InChI=1S/C16H14N2O3/c19-11-13-6-4-12(5-7-13)10-17-9-8-14-2-1-3-15(16(14)17)18(20)21/h1-9,19H,10-11H2. The molecule has 2 aromatic carbocycles. The summed E-state index contributed by atoms with van der Waals surface area (Å²) in [5.74, 6) is 0. The lowest BCUT2D eigenvalue weighted by Crippen LogP contribution is -2.00. The number of non-ortho nitro benzene ring substituents is 1. The monoisotopic (exact) mass is 282 g/mol. The SMILES string of the molecule is O=[N+]([O-])c1cccc2ccn(Cc3ccc(CO)cc3)c12. The van der Waals surface area contributed by atoms with Crippen LogP contribution >= 0.6 is 0 Å². The molecule has 0 saturated carbocycles. The van der Waals surface area contributed by atoms with Crippen LogP contribution in [0.3, 0.4) is 0 Å². The predicted molar refractivity (Wildman–Crippen MR) is 80.1 cm³/mol. The number of fused-ring (bicyclic) bond motifs is 1. The smallest absolute Gasteiger partial charge is 0.293 e. The summed E-state index contributed by atoms with van der Waals surface area (Å²) in [6, 6.07) is 14.5. The van der Waals surface area contributed by atoms with Gasteiger partial charge in [-0.25, -0.2) is 0 Å². The summed E-state index contributed by atoms with van der Waals surface area (Å²) in [5.41, 5.74) is 2.63. The minimum atomic E-state index is -0.353. The van der Waals surface area contributed by atoms with Gasteiger partial charge in [-0.15, -0.1) is 0 Å². The Hall–Kier alpha value is -2.66. The Morgan fingerprint density at radius 3 is 2.43 bits per heavy atom. The Bertz CT molecular complexity index is 791. The van der Waals surface area contributed by atoms with Crippen LogP contribution in [0.1, 0.15) is 11.1 Å². The highest BCUT2D eigenvalue weighted by Gasteiger charge is 2.15. The molecule has 0 saturated heterocycles. The fourth-order valence-electron chi connectivity index (χ4n) is 2.47. The van der Waals surface area contributed by atoms with Crippen molar-refractivity contribution in [2.75, 3.05) is 0 Å². The number of nitro groups is 1. The first-order chi connectivity index (χ1) is 10.2. The molecule has 5 nitrogen and oxygen atoms in total. The van der Waals surface area contributed by atoms with Gasteiger partial charge in [0.1, 0.15) is 5.52 Å². The third-order valence-electron chi connectivity index (χ3n) is 3.52. The zero-order chi connectivity index (χ0) is 14.8. The molecule has 0 fully saturated rings. The van der Waals surface area contributed by atoms with Gasteiger partial charge in [0.15, 0.2) is 0 Å². The Balaban J connectivity index is 2.02. The van der Waals surface area contributed by atoms with E-state index >= 15 is 0 Å². The van der Waals surface area contributed by atoms with E-state index in [0.29, 0.717) is 12.1 Å². The van der Waals surface area contributed by atoms with E-state index in [1.165, 1.54) is 6.07 Å².